The fourth-order valence-electron chi connectivity index (χ4n) is 2.50. The zero-order valence-corrected chi connectivity index (χ0v) is 16.8. The van der Waals surface area contributed by atoms with Crippen LogP contribution < -0.4 is 4.18 Å². The van der Waals surface area contributed by atoms with Gasteiger partial charge in [0.05, 0.1) is 4.58 Å². The maximum Gasteiger partial charge on any atom is 0.339 e. The van der Waals surface area contributed by atoms with Crippen LogP contribution in [0.2, 0.25) is 0 Å². The molecule has 3 nitrogen and oxygen atoms in total. The molecule has 0 unspecified atom stereocenters. The standard InChI is InChI=1S/C18H19ClO3S3/c19-11-1-2-14-3-9-17(10-4-14)25(20,21)22-16-7-5-15(6-8-16)18-23-12-13-24-18/h3-10,18H,1-2,11-13H2. The summed E-state index contributed by atoms with van der Waals surface area (Å²) in [5, 5.41) is 0. The van der Waals surface area contributed by atoms with E-state index in [0.717, 1.165) is 29.9 Å². The van der Waals surface area contributed by atoms with Crippen molar-refractivity contribution >= 4 is 45.2 Å². The van der Waals surface area contributed by atoms with Gasteiger partial charge in [0.1, 0.15) is 10.6 Å². The third kappa shape index (κ3) is 5.09. The molecule has 0 aromatic heterocycles. The number of aryl methyl sites for hydroxylation is 1. The summed E-state index contributed by atoms with van der Waals surface area (Å²) in [6.45, 7) is 0. The molecule has 1 fully saturated rings. The molecule has 134 valence electrons. The summed E-state index contributed by atoms with van der Waals surface area (Å²) in [6.07, 6.45) is 1.71. The van der Waals surface area contributed by atoms with Crippen LogP contribution >= 0.6 is 35.1 Å². The Morgan fingerprint density at radius 2 is 1.64 bits per heavy atom. The predicted octanol–water partition coefficient (Wildman–Crippen LogP) is 5.10. The molecule has 3 rings (SSSR count). The molecule has 0 spiro atoms. The van der Waals surface area contributed by atoms with E-state index in [1.165, 1.54) is 5.56 Å². The van der Waals surface area contributed by atoms with Crippen molar-refractivity contribution in [2.75, 3.05) is 17.4 Å². The summed E-state index contributed by atoms with van der Waals surface area (Å²) < 4.78 is 30.5. The van der Waals surface area contributed by atoms with Crippen molar-refractivity contribution in [1.29, 1.82) is 0 Å². The monoisotopic (exact) mass is 414 g/mol. The van der Waals surface area contributed by atoms with Gasteiger partial charge < -0.3 is 4.18 Å². The summed E-state index contributed by atoms with van der Waals surface area (Å²) in [5.74, 6) is 3.24. The SMILES string of the molecule is O=S(=O)(Oc1ccc(C2SCCS2)cc1)c1ccc(CCCCl)cc1. The van der Waals surface area contributed by atoms with Gasteiger partial charge in [-0.05, 0) is 48.2 Å². The molecule has 25 heavy (non-hydrogen) atoms. The van der Waals surface area contributed by atoms with E-state index in [1.54, 1.807) is 36.4 Å². The zero-order chi connectivity index (χ0) is 17.7. The van der Waals surface area contributed by atoms with Gasteiger partial charge in [-0.3, -0.25) is 0 Å². The molecular formula is C18H19ClO3S3. The van der Waals surface area contributed by atoms with Crippen molar-refractivity contribution in [3.63, 3.8) is 0 Å². The maximum absolute atomic E-state index is 12.4. The van der Waals surface area contributed by atoms with Crippen LogP contribution in [0.15, 0.2) is 53.4 Å². The molecule has 2 aromatic rings. The molecular weight excluding hydrogens is 396 g/mol. The number of halogens is 1. The topological polar surface area (TPSA) is 43.4 Å². The number of hydrogen-bond acceptors (Lipinski definition) is 5. The fraction of sp³-hybridized carbons (Fsp3) is 0.333. The number of thioether (sulfide) groups is 2. The van der Waals surface area contributed by atoms with Crippen molar-refractivity contribution in [3.05, 3.63) is 59.7 Å². The Morgan fingerprint density at radius 1 is 1.00 bits per heavy atom. The Bertz CT molecular complexity index is 783. The number of alkyl halides is 1. The first-order valence-electron chi connectivity index (χ1n) is 8.01. The average Bonchev–Trinajstić information content (AvgIpc) is 3.15. The molecule has 1 aliphatic rings. The van der Waals surface area contributed by atoms with E-state index in [-0.39, 0.29) is 4.90 Å². The second-order valence-electron chi connectivity index (χ2n) is 5.62. The molecule has 0 aliphatic carbocycles. The van der Waals surface area contributed by atoms with E-state index < -0.39 is 10.1 Å². The minimum Gasteiger partial charge on any atom is -0.379 e. The molecule has 0 atom stereocenters. The van der Waals surface area contributed by atoms with Crippen LogP contribution in [0.5, 0.6) is 5.75 Å². The van der Waals surface area contributed by atoms with Crippen LogP contribution in [0.4, 0.5) is 0 Å². The second kappa shape index (κ2) is 8.71. The van der Waals surface area contributed by atoms with Crippen LogP contribution in [0, 0.1) is 0 Å². The maximum atomic E-state index is 12.4. The largest absolute Gasteiger partial charge is 0.379 e. The van der Waals surface area contributed by atoms with Crippen molar-refractivity contribution < 1.29 is 12.6 Å². The Labute approximate surface area is 162 Å². The second-order valence-corrected chi connectivity index (χ2v) is 10.3. The van der Waals surface area contributed by atoms with E-state index in [9.17, 15) is 8.42 Å². The van der Waals surface area contributed by atoms with Crippen molar-refractivity contribution in [2.45, 2.75) is 22.3 Å². The van der Waals surface area contributed by atoms with Crippen molar-refractivity contribution in [2.24, 2.45) is 0 Å². The lowest BCUT2D eigenvalue weighted by molar-refractivity contribution is 0.486. The summed E-state index contributed by atoms with van der Waals surface area (Å²) in [5.41, 5.74) is 2.26. The van der Waals surface area contributed by atoms with Crippen LogP contribution in [-0.4, -0.2) is 25.8 Å². The van der Waals surface area contributed by atoms with Gasteiger partial charge in [-0.15, -0.1) is 35.1 Å². The molecule has 0 saturated carbocycles. The molecule has 1 aliphatic heterocycles. The summed E-state index contributed by atoms with van der Waals surface area (Å²) >= 11 is 9.51. The summed E-state index contributed by atoms with van der Waals surface area (Å²) in [4.78, 5) is 0.160. The van der Waals surface area contributed by atoms with Gasteiger partial charge >= 0.3 is 10.1 Å². The molecule has 1 heterocycles. The zero-order valence-electron chi connectivity index (χ0n) is 13.6. The highest BCUT2D eigenvalue weighted by atomic mass is 35.5. The normalized spacial score (nSPS) is 15.4. The van der Waals surface area contributed by atoms with Crippen molar-refractivity contribution in [3.8, 4) is 5.75 Å². The van der Waals surface area contributed by atoms with Crippen LogP contribution in [0.3, 0.4) is 0 Å². The first kappa shape index (κ1) is 19.0. The number of benzene rings is 2. The van der Waals surface area contributed by atoms with E-state index >= 15 is 0 Å². The third-order valence-electron chi connectivity index (χ3n) is 3.79. The average molecular weight is 415 g/mol. The minimum absolute atomic E-state index is 0.160. The van der Waals surface area contributed by atoms with Crippen LogP contribution in [-0.2, 0) is 16.5 Å². The van der Waals surface area contributed by atoms with Gasteiger partial charge in [-0.2, -0.15) is 8.42 Å². The quantitative estimate of drug-likeness (QED) is 0.465. The molecule has 2 aromatic carbocycles. The van der Waals surface area contributed by atoms with E-state index in [1.807, 2.05) is 35.7 Å². The minimum atomic E-state index is -3.82. The summed E-state index contributed by atoms with van der Waals surface area (Å²) in [6, 6.07) is 14.1. The lowest BCUT2D eigenvalue weighted by atomic mass is 10.1. The van der Waals surface area contributed by atoms with E-state index in [4.69, 9.17) is 15.8 Å². The Kier molecular flexibility index (Phi) is 6.61. The fourth-order valence-corrected chi connectivity index (χ4v) is 6.42. The Balaban J connectivity index is 1.68. The molecule has 0 radical (unpaired) electrons. The molecule has 0 N–H and O–H groups in total. The van der Waals surface area contributed by atoms with Crippen LogP contribution in [0.1, 0.15) is 22.1 Å². The number of hydrogen-bond donors (Lipinski definition) is 0. The lowest BCUT2D eigenvalue weighted by Gasteiger charge is -2.11. The van der Waals surface area contributed by atoms with Gasteiger partial charge in [-0.25, -0.2) is 0 Å². The first-order valence-corrected chi connectivity index (χ1v) is 12.0. The van der Waals surface area contributed by atoms with Gasteiger partial charge in [0.15, 0.2) is 0 Å². The molecule has 0 amide bonds. The summed E-state index contributed by atoms with van der Waals surface area (Å²) in [7, 11) is -3.82. The predicted molar refractivity (Wildman–Crippen MR) is 107 cm³/mol. The smallest absolute Gasteiger partial charge is 0.339 e. The van der Waals surface area contributed by atoms with Crippen molar-refractivity contribution in [1.82, 2.24) is 0 Å². The van der Waals surface area contributed by atoms with Gasteiger partial charge in [0.25, 0.3) is 0 Å². The van der Waals surface area contributed by atoms with Gasteiger partial charge in [0.2, 0.25) is 0 Å². The van der Waals surface area contributed by atoms with E-state index in [2.05, 4.69) is 0 Å². The van der Waals surface area contributed by atoms with Gasteiger partial charge in [-0.1, -0.05) is 24.3 Å². The van der Waals surface area contributed by atoms with Gasteiger partial charge in [0, 0.05) is 17.4 Å². The molecule has 1 saturated heterocycles. The van der Waals surface area contributed by atoms with Crippen LogP contribution in [0.25, 0.3) is 0 Å². The molecule has 0 bridgehead atoms. The highest BCUT2D eigenvalue weighted by Gasteiger charge is 2.20. The Morgan fingerprint density at radius 3 is 2.24 bits per heavy atom. The first-order chi connectivity index (χ1) is 12.1. The Hall–Kier alpha value is -0.820. The molecule has 7 heteroatoms. The highest BCUT2D eigenvalue weighted by molar-refractivity contribution is 8.19. The number of rotatable bonds is 7. The lowest BCUT2D eigenvalue weighted by Crippen LogP contribution is -2.09. The highest BCUT2D eigenvalue weighted by Crippen LogP contribution is 2.45. The van der Waals surface area contributed by atoms with E-state index in [0.29, 0.717) is 16.2 Å². The third-order valence-corrected chi connectivity index (χ3v) is 8.42.